The van der Waals surface area contributed by atoms with Crippen molar-refractivity contribution in [2.24, 2.45) is 0 Å². The summed E-state index contributed by atoms with van der Waals surface area (Å²) >= 11 is 0. The molecule has 4 aromatic rings. The number of benzene rings is 1. The van der Waals surface area contributed by atoms with Gasteiger partial charge in [-0.3, -0.25) is 4.79 Å². The molecular weight excluding hydrogens is 421 g/mol. The number of nitrogens with one attached hydrogen (secondary N) is 1. The van der Waals surface area contributed by atoms with Crippen LogP contribution in [-0.2, 0) is 12.6 Å². The van der Waals surface area contributed by atoms with Crippen LogP contribution in [0.2, 0.25) is 0 Å². The number of aromatic nitrogens is 3. The molecule has 1 aromatic carbocycles. The van der Waals surface area contributed by atoms with Crippen LogP contribution in [0.3, 0.4) is 0 Å². The molecule has 32 heavy (non-hydrogen) atoms. The number of hydrogen-bond acceptors (Lipinski definition) is 4. The first-order chi connectivity index (χ1) is 15.3. The molecule has 1 amide bonds. The first-order valence-corrected chi connectivity index (χ1v) is 9.85. The highest BCUT2D eigenvalue weighted by Gasteiger charge is 2.35. The van der Waals surface area contributed by atoms with E-state index in [1.807, 2.05) is 24.3 Å². The lowest BCUT2D eigenvalue weighted by Crippen LogP contribution is -2.12. The van der Waals surface area contributed by atoms with E-state index in [4.69, 9.17) is 4.74 Å². The highest BCUT2D eigenvalue weighted by atomic mass is 19.4. The van der Waals surface area contributed by atoms with Gasteiger partial charge < -0.3 is 14.5 Å². The van der Waals surface area contributed by atoms with Crippen LogP contribution in [0.25, 0.3) is 5.65 Å². The molecular formula is C23H19F3N4O2. The standard InChI is InChI=1S/C23H19F3N4O2/c1-3-19-14(2)30-13-16(8-11-20(30)29-19)28-21(31)15-6-9-17(10-7-15)32-22-18(23(24,25)26)5-4-12-27-22/h4-13H,3H2,1-2H3,(H,28,31). The van der Waals surface area contributed by atoms with Crippen LogP contribution in [0.4, 0.5) is 18.9 Å². The van der Waals surface area contributed by atoms with E-state index in [0.717, 1.165) is 29.5 Å². The van der Waals surface area contributed by atoms with Gasteiger partial charge >= 0.3 is 6.18 Å². The summed E-state index contributed by atoms with van der Waals surface area (Å²) in [7, 11) is 0. The summed E-state index contributed by atoms with van der Waals surface area (Å²) in [5.41, 5.74) is 2.74. The van der Waals surface area contributed by atoms with Crippen LogP contribution in [0.5, 0.6) is 11.6 Å². The van der Waals surface area contributed by atoms with Crippen molar-refractivity contribution in [1.82, 2.24) is 14.4 Å². The monoisotopic (exact) mass is 440 g/mol. The summed E-state index contributed by atoms with van der Waals surface area (Å²) in [6.45, 7) is 4.00. The lowest BCUT2D eigenvalue weighted by Gasteiger charge is -2.12. The largest absolute Gasteiger partial charge is 0.438 e. The van der Waals surface area contributed by atoms with Gasteiger partial charge in [0.05, 0.1) is 11.4 Å². The topological polar surface area (TPSA) is 68.5 Å². The molecule has 0 saturated carbocycles. The maximum atomic E-state index is 13.1. The van der Waals surface area contributed by atoms with E-state index in [-0.39, 0.29) is 11.7 Å². The fraction of sp³-hybridized carbons (Fsp3) is 0.174. The second kappa shape index (κ2) is 8.33. The molecule has 6 nitrogen and oxygen atoms in total. The Morgan fingerprint density at radius 3 is 2.56 bits per heavy atom. The van der Waals surface area contributed by atoms with Gasteiger partial charge in [-0.2, -0.15) is 13.2 Å². The van der Waals surface area contributed by atoms with Gasteiger partial charge in [0.1, 0.15) is 17.0 Å². The summed E-state index contributed by atoms with van der Waals surface area (Å²) in [4.78, 5) is 20.8. The number of carbonyl (C=O) groups excluding carboxylic acids is 1. The Morgan fingerprint density at radius 1 is 1.12 bits per heavy atom. The molecule has 0 radical (unpaired) electrons. The van der Waals surface area contributed by atoms with Crippen molar-refractivity contribution in [3.63, 3.8) is 0 Å². The normalized spacial score (nSPS) is 11.5. The quantitative estimate of drug-likeness (QED) is 0.435. The first kappa shape index (κ1) is 21.4. The maximum absolute atomic E-state index is 13.1. The van der Waals surface area contributed by atoms with E-state index in [2.05, 4.69) is 15.3 Å². The minimum Gasteiger partial charge on any atom is -0.438 e. The van der Waals surface area contributed by atoms with Gasteiger partial charge in [0.2, 0.25) is 5.88 Å². The van der Waals surface area contributed by atoms with Crippen LogP contribution >= 0.6 is 0 Å². The van der Waals surface area contributed by atoms with E-state index in [1.54, 1.807) is 12.3 Å². The number of amides is 1. The van der Waals surface area contributed by atoms with Gasteiger partial charge in [-0.05, 0) is 61.9 Å². The SMILES string of the molecule is CCc1nc2ccc(NC(=O)c3ccc(Oc4ncccc4C(F)(F)F)cc3)cn2c1C. The molecule has 0 spiro atoms. The molecule has 0 bridgehead atoms. The number of nitrogens with zero attached hydrogens (tertiary/aromatic N) is 3. The number of alkyl halides is 3. The zero-order valence-electron chi connectivity index (χ0n) is 17.3. The number of halogens is 3. The molecule has 0 aliphatic carbocycles. The zero-order chi connectivity index (χ0) is 22.9. The van der Waals surface area contributed by atoms with Gasteiger partial charge in [0.25, 0.3) is 5.91 Å². The number of anilines is 1. The summed E-state index contributed by atoms with van der Waals surface area (Å²) in [5, 5.41) is 2.81. The number of pyridine rings is 2. The lowest BCUT2D eigenvalue weighted by molar-refractivity contribution is -0.138. The molecule has 0 aliphatic rings. The zero-order valence-corrected chi connectivity index (χ0v) is 17.3. The van der Waals surface area contributed by atoms with Crippen LogP contribution in [0.15, 0.2) is 60.9 Å². The smallest absolute Gasteiger partial charge is 0.421 e. The van der Waals surface area contributed by atoms with Crippen molar-refractivity contribution in [1.29, 1.82) is 0 Å². The maximum Gasteiger partial charge on any atom is 0.421 e. The molecule has 3 heterocycles. The van der Waals surface area contributed by atoms with Crippen LogP contribution in [0, 0.1) is 6.92 Å². The summed E-state index contributed by atoms with van der Waals surface area (Å²) in [6, 6.07) is 11.4. The molecule has 0 aliphatic heterocycles. The number of imidazole rings is 1. The third-order valence-corrected chi connectivity index (χ3v) is 4.96. The molecule has 1 N–H and O–H groups in total. The molecule has 4 rings (SSSR count). The van der Waals surface area contributed by atoms with Crippen LogP contribution < -0.4 is 10.1 Å². The number of rotatable bonds is 5. The number of aryl methyl sites for hydroxylation is 2. The van der Waals surface area contributed by atoms with Crippen molar-refractivity contribution >= 4 is 17.2 Å². The Hall–Kier alpha value is -3.88. The number of carbonyl (C=O) groups is 1. The molecule has 0 saturated heterocycles. The highest BCUT2D eigenvalue weighted by molar-refractivity contribution is 6.04. The first-order valence-electron chi connectivity index (χ1n) is 9.85. The van der Waals surface area contributed by atoms with E-state index in [9.17, 15) is 18.0 Å². The molecule has 0 unspecified atom stereocenters. The molecule has 3 aromatic heterocycles. The number of fused-ring (bicyclic) bond motifs is 1. The highest BCUT2D eigenvalue weighted by Crippen LogP contribution is 2.36. The predicted molar refractivity (Wildman–Crippen MR) is 113 cm³/mol. The Labute approximate surface area is 181 Å². The minimum atomic E-state index is -4.59. The fourth-order valence-corrected chi connectivity index (χ4v) is 3.30. The van der Waals surface area contributed by atoms with Crippen molar-refractivity contribution in [2.45, 2.75) is 26.4 Å². The third kappa shape index (κ3) is 4.27. The van der Waals surface area contributed by atoms with Crippen molar-refractivity contribution in [2.75, 3.05) is 5.32 Å². The van der Waals surface area contributed by atoms with E-state index >= 15 is 0 Å². The second-order valence-electron chi connectivity index (χ2n) is 7.08. The van der Waals surface area contributed by atoms with Crippen LogP contribution in [0.1, 0.15) is 34.2 Å². The van der Waals surface area contributed by atoms with Crippen LogP contribution in [-0.4, -0.2) is 20.3 Å². The minimum absolute atomic E-state index is 0.133. The number of hydrogen-bond donors (Lipinski definition) is 1. The summed E-state index contributed by atoms with van der Waals surface area (Å²) < 4.78 is 46.5. The Bertz CT molecular complexity index is 1280. The van der Waals surface area contributed by atoms with E-state index < -0.39 is 17.6 Å². The Kier molecular flexibility index (Phi) is 5.56. The fourth-order valence-electron chi connectivity index (χ4n) is 3.30. The third-order valence-electron chi connectivity index (χ3n) is 4.96. The molecule has 0 atom stereocenters. The van der Waals surface area contributed by atoms with E-state index in [1.165, 1.54) is 36.5 Å². The molecule has 0 fully saturated rings. The Morgan fingerprint density at radius 2 is 1.88 bits per heavy atom. The summed E-state index contributed by atoms with van der Waals surface area (Å²) in [5.74, 6) is -0.779. The average Bonchev–Trinajstić information content (AvgIpc) is 3.09. The molecule has 9 heteroatoms. The van der Waals surface area contributed by atoms with Crippen molar-refractivity contribution in [3.05, 3.63) is 83.4 Å². The van der Waals surface area contributed by atoms with Gasteiger partial charge in [-0.25, -0.2) is 9.97 Å². The lowest BCUT2D eigenvalue weighted by atomic mass is 10.2. The summed E-state index contributed by atoms with van der Waals surface area (Å²) in [6.07, 6.45) is -0.761. The van der Waals surface area contributed by atoms with Crippen molar-refractivity contribution < 1.29 is 22.7 Å². The Balaban J connectivity index is 1.49. The predicted octanol–water partition coefficient (Wildman–Crippen LogP) is 5.66. The van der Waals surface area contributed by atoms with Gasteiger partial charge in [0.15, 0.2) is 0 Å². The van der Waals surface area contributed by atoms with Crippen molar-refractivity contribution in [3.8, 4) is 11.6 Å². The second-order valence-corrected chi connectivity index (χ2v) is 7.08. The van der Waals surface area contributed by atoms with Gasteiger partial charge in [0, 0.05) is 23.7 Å². The van der Waals surface area contributed by atoms with E-state index in [0.29, 0.717) is 11.3 Å². The average molecular weight is 440 g/mol. The number of ether oxygens (including phenoxy) is 1. The van der Waals surface area contributed by atoms with Gasteiger partial charge in [-0.1, -0.05) is 6.92 Å². The van der Waals surface area contributed by atoms with Gasteiger partial charge in [-0.15, -0.1) is 0 Å². The molecule has 164 valence electrons.